The molecule has 0 aromatic heterocycles. The van der Waals surface area contributed by atoms with Crippen LogP contribution in [-0.2, 0) is 13.0 Å². The zero-order valence-electron chi connectivity index (χ0n) is 8.41. The molecule has 1 aromatic rings. The molecule has 0 aliphatic heterocycles. The van der Waals surface area contributed by atoms with E-state index in [9.17, 15) is 4.39 Å². The maximum absolute atomic E-state index is 13.2. The summed E-state index contributed by atoms with van der Waals surface area (Å²) in [6.45, 7) is 0.892. The van der Waals surface area contributed by atoms with Crippen molar-refractivity contribution in [3.05, 3.63) is 35.1 Å². The highest BCUT2D eigenvalue weighted by Crippen LogP contribution is 2.11. The summed E-state index contributed by atoms with van der Waals surface area (Å²) in [5.41, 5.74) is 12.3. The Hall–Kier alpha value is -0.350. The van der Waals surface area contributed by atoms with Crippen LogP contribution in [0.25, 0.3) is 0 Å². The zero-order chi connectivity index (χ0) is 9.68. The van der Waals surface area contributed by atoms with E-state index in [4.69, 9.17) is 11.5 Å². The Bertz CT molecular complexity index is 282. The molecule has 2 nitrogen and oxygen atoms in total. The molecule has 0 saturated carbocycles. The van der Waals surface area contributed by atoms with Crippen molar-refractivity contribution >= 4 is 24.8 Å². The van der Waals surface area contributed by atoms with E-state index in [0.717, 1.165) is 18.4 Å². The summed E-state index contributed by atoms with van der Waals surface area (Å²) in [6, 6.07) is 5.18. The van der Waals surface area contributed by atoms with E-state index in [0.29, 0.717) is 12.1 Å². The Balaban J connectivity index is 0. The lowest BCUT2D eigenvalue weighted by atomic mass is 10.1. The van der Waals surface area contributed by atoms with Gasteiger partial charge in [-0.25, -0.2) is 4.39 Å². The maximum Gasteiger partial charge on any atom is 0.127 e. The van der Waals surface area contributed by atoms with Crippen molar-refractivity contribution in [2.45, 2.75) is 19.4 Å². The number of halogens is 3. The molecule has 0 heterocycles. The molecule has 5 heteroatoms. The Kier molecular flexibility index (Phi) is 10.1. The van der Waals surface area contributed by atoms with Crippen molar-refractivity contribution < 1.29 is 4.39 Å². The lowest BCUT2D eigenvalue weighted by molar-refractivity contribution is 0.607. The van der Waals surface area contributed by atoms with Gasteiger partial charge in [-0.15, -0.1) is 24.8 Å². The molecule has 0 aliphatic rings. The molecular formula is C10H17Cl2FN2. The van der Waals surface area contributed by atoms with Gasteiger partial charge < -0.3 is 11.5 Å². The summed E-state index contributed by atoms with van der Waals surface area (Å²) < 4.78 is 13.2. The molecular weight excluding hydrogens is 238 g/mol. The summed E-state index contributed by atoms with van der Waals surface area (Å²) in [5, 5.41) is 0. The number of hydrogen-bond acceptors (Lipinski definition) is 2. The van der Waals surface area contributed by atoms with E-state index >= 15 is 0 Å². The number of aryl methyl sites for hydroxylation is 1. The quantitative estimate of drug-likeness (QED) is 0.864. The van der Waals surface area contributed by atoms with E-state index < -0.39 is 0 Å². The van der Waals surface area contributed by atoms with Crippen LogP contribution < -0.4 is 11.5 Å². The van der Waals surface area contributed by atoms with Crippen LogP contribution in [0, 0.1) is 5.82 Å². The summed E-state index contributed by atoms with van der Waals surface area (Å²) in [5.74, 6) is -0.211. The third kappa shape index (κ3) is 5.33. The van der Waals surface area contributed by atoms with E-state index in [1.807, 2.05) is 6.07 Å². The molecule has 0 amide bonds. The van der Waals surface area contributed by atoms with Crippen LogP contribution in [0.2, 0.25) is 0 Å². The fourth-order valence-electron chi connectivity index (χ4n) is 1.22. The SMILES string of the molecule is Cl.Cl.NCCCc1ccc(CN)c(F)c1. The molecule has 0 aliphatic carbocycles. The fraction of sp³-hybridized carbons (Fsp3) is 0.400. The molecule has 15 heavy (non-hydrogen) atoms. The third-order valence-corrected chi connectivity index (χ3v) is 2.01. The molecule has 0 spiro atoms. The lowest BCUT2D eigenvalue weighted by Gasteiger charge is -2.03. The van der Waals surface area contributed by atoms with Crippen molar-refractivity contribution in [2.24, 2.45) is 11.5 Å². The van der Waals surface area contributed by atoms with Crippen LogP contribution in [0.4, 0.5) is 4.39 Å². The van der Waals surface area contributed by atoms with Gasteiger partial charge in [0, 0.05) is 12.1 Å². The van der Waals surface area contributed by atoms with Gasteiger partial charge in [-0.2, -0.15) is 0 Å². The molecule has 0 unspecified atom stereocenters. The summed E-state index contributed by atoms with van der Waals surface area (Å²) in [7, 11) is 0. The summed E-state index contributed by atoms with van der Waals surface area (Å²) in [4.78, 5) is 0. The van der Waals surface area contributed by atoms with Gasteiger partial charge in [0.15, 0.2) is 0 Å². The molecule has 0 bridgehead atoms. The minimum atomic E-state index is -0.211. The Labute approximate surface area is 102 Å². The molecule has 0 atom stereocenters. The van der Waals surface area contributed by atoms with Crippen LogP contribution >= 0.6 is 24.8 Å². The van der Waals surface area contributed by atoms with Crippen molar-refractivity contribution in [1.29, 1.82) is 0 Å². The first-order chi connectivity index (χ1) is 6.27. The second-order valence-corrected chi connectivity index (χ2v) is 3.02. The predicted octanol–water partition coefficient (Wildman–Crippen LogP) is 2.02. The smallest absolute Gasteiger partial charge is 0.127 e. The van der Waals surface area contributed by atoms with Crippen molar-refractivity contribution in [3.63, 3.8) is 0 Å². The van der Waals surface area contributed by atoms with Gasteiger partial charge in [0.1, 0.15) is 5.82 Å². The van der Waals surface area contributed by atoms with Crippen LogP contribution in [0.5, 0.6) is 0 Å². The van der Waals surface area contributed by atoms with E-state index in [-0.39, 0.29) is 37.2 Å². The third-order valence-electron chi connectivity index (χ3n) is 2.01. The normalized spacial score (nSPS) is 9.00. The van der Waals surface area contributed by atoms with E-state index in [2.05, 4.69) is 0 Å². The Morgan fingerprint density at radius 1 is 1.13 bits per heavy atom. The molecule has 88 valence electrons. The number of benzene rings is 1. The first kappa shape index (κ1) is 17.1. The average molecular weight is 255 g/mol. The lowest BCUT2D eigenvalue weighted by Crippen LogP contribution is -2.03. The number of hydrogen-bond donors (Lipinski definition) is 2. The average Bonchev–Trinajstić information content (AvgIpc) is 2.15. The highest BCUT2D eigenvalue weighted by atomic mass is 35.5. The highest BCUT2D eigenvalue weighted by molar-refractivity contribution is 5.85. The van der Waals surface area contributed by atoms with Gasteiger partial charge in [0.25, 0.3) is 0 Å². The first-order valence-electron chi connectivity index (χ1n) is 4.45. The minimum Gasteiger partial charge on any atom is -0.330 e. The van der Waals surface area contributed by atoms with E-state index in [1.165, 1.54) is 6.07 Å². The van der Waals surface area contributed by atoms with Gasteiger partial charge in [0.05, 0.1) is 0 Å². The second-order valence-electron chi connectivity index (χ2n) is 3.02. The van der Waals surface area contributed by atoms with Gasteiger partial charge in [-0.1, -0.05) is 12.1 Å². The molecule has 1 aromatic carbocycles. The summed E-state index contributed by atoms with van der Waals surface area (Å²) >= 11 is 0. The Morgan fingerprint density at radius 3 is 2.27 bits per heavy atom. The first-order valence-corrected chi connectivity index (χ1v) is 4.45. The maximum atomic E-state index is 13.2. The van der Waals surface area contributed by atoms with Crippen LogP contribution in [0.15, 0.2) is 18.2 Å². The molecule has 0 saturated heterocycles. The molecule has 1 rings (SSSR count). The Morgan fingerprint density at radius 2 is 1.80 bits per heavy atom. The largest absolute Gasteiger partial charge is 0.330 e. The number of rotatable bonds is 4. The summed E-state index contributed by atoms with van der Waals surface area (Å²) in [6.07, 6.45) is 1.72. The van der Waals surface area contributed by atoms with Gasteiger partial charge in [-0.3, -0.25) is 0 Å². The second kappa shape index (κ2) is 8.92. The van der Waals surface area contributed by atoms with Gasteiger partial charge in [0.2, 0.25) is 0 Å². The van der Waals surface area contributed by atoms with Crippen molar-refractivity contribution in [3.8, 4) is 0 Å². The van der Waals surface area contributed by atoms with Gasteiger partial charge >= 0.3 is 0 Å². The van der Waals surface area contributed by atoms with Crippen molar-refractivity contribution in [2.75, 3.05) is 6.54 Å². The zero-order valence-corrected chi connectivity index (χ0v) is 10.0. The fourth-order valence-corrected chi connectivity index (χ4v) is 1.22. The van der Waals surface area contributed by atoms with Crippen LogP contribution in [-0.4, -0.2) is 6.54 Å². The standard InChI is InChI=1S/C10H15FN2.2ClH/c11-10-6-8(2-1-5-12)3-4-9(10)7-13;;/h3-4,6H,1-2,5,7,12-13H2;2*1H. The van der Waals surface area contributed by atoms with Crippen LogP contribution in [0.3, 0.4) is 0 Å². The van der Waals surface area contributed by atoms with E-state index in [1.54, 1.807) is 6.07 Å². The highest BCUT2D eigenvalue weighted by Gasteiger charge is 2.00. The van der Waals surface area contributed by atoms with Crippen LogP contribution in [0.1, 0.15) is 17.5 Å². The molecule has 0 fully saturated rings. The van der Waals surface area contributed by atoms with Crippen molar-refractivity contribution in [1.82, 2.24) is 0 Å². The number of nitrogens with two attached hydrogens (primary N) is 2. The molecule has 0 radical (unpaired) electrons. The monoisotopic (exact) mass is 254 g/mol. The predicted molar refractivity (Wildman–Crippen MR) is 66.2 cm³/mol. The minimum absolute atomic E-state index is 0. The van der Waals surface area contributed by atoms with Gasteiger partial charge in [-0.05, 0) is 31.0 Å². The molecule has 4 N–H and O–H groups in total. The topological polar surface area (TPSA) is 52.0 Å².